The van der Waals surface area contributed by atoms with Gasteiger partial charge in [0.25, 0.3) is 5.91 Å². The fourth-order valence-corrected chi connectivity index (χ4v) is 4.01. The number of anilines is 1. The summed E-state index contributed by atoms with van der Waals surface area (Å²) < 4.78 is 7.40. The van der Waals surface area contributed by atoms with Crippen molar-refractivity contribution in [2.75, 3.05) is 18.5 Å². The Hall–Kier alpha value is -4.13. The summed E-state index contributed by atoms with van der Waals surface area (Å²) >= 11 is 0. The average molecular weight is 471 g/mol. The minimum Gasteiger partial charge on any atom is -0.494 e. The highest BCUT2D eigenvalue weighted by atomic mass is 16.5. The molecule has 2 amide bonds. The summed E-state index contributed by atoms with van der Waals surface area (Å²) in [7, 11) is 0. The number of aryl methyl sites for hydroxylation is 2. The molecule has 0 saturated heterocycles. The van der Waals surface area contributed by atoms with Crippen molar-refractivity contribution in [1.29, 1.82) is 0 Å². The molecule has 0 aliphatic heterocycles. The van der Waals surface area contributed by atoms with Crippen LogP contribution in [0.15, 0.2) is 72.8 Å². The van der Waals surface area contributed by atoms with Crippen LogP contribution in [0.1, 0.15) is 35.1 Å². The first-order chi connectivity index (χ1) is 17.0. The summed E-state index contributed by atoms with van der Waals surface area (Å²) in [6, 6.07) is 22.7. The van der Waals surface area contributed by atoms with E-state index >= 15 is 0 Å². The molecule has 180 valence electrons. The van der Waals surface area contributed by atoms with Gasteiger partial charge in [0, 0.05) is 24.2 Å². The van der Waals surface area contributed by atoms with Gasteiger partial charge in [-0.3, -0.25) is 9.59 Å². The molecule has 2 N–H and O–H groups in total. The Kier molecular flexibility index (Phi) is 7.77. The zero-order valence-corrected chi connectivity index (χ0v) is 20.1. The number of benzene rings is 3. The molecule has 4 rings (SSSR count). The van der Waals surface area contributed by atoms with Crippen molar-refractivity contribution < 1.29 is 14.3 Å². The lowest BCUT2D eigenvalue weighted by Gasteiger charge is -2.11. The van der Waals surface area contributed by atoms with E-state index in [1.54, 1.807) is 0 Å². The van der Waals surface area contributed by atoms with Crippen molar-refractivity contribution in [3.8, 4) is 5.75 Å². The number of para-hydroxylation sites is 2. The standard InChI is InChI=1S/C28H30N4O3/c1-3-35-22-16-14-21(15-17-22)30-27(33)19-32-25-12-7-6-11-24(25)31-26(32)13-8-18-29-28(34)23-10-5-4-9-20(23)2/h4-7,9-12,14-17H,3,8,13,18-19H2,1-2H3,(H,29,34)(H,30,33). The molecular weight excluding hydrogens is 440 g/mol. The third-order valence-corrected chi connectivity index (χ3v) is 5.74. The maximum Gasteiger partial charge on any atom is 0.251 e. The Morgan fingerprint density at radius 2 is 1.71 bits per heavy atom. The van der Waals surface area contributed by atoms with Crippen LogP contribution in [0.3, 0.4) is 0 Å². The van der Waals surface area contributed by atoms with Gasteiger partial charge in [0.1, 0.15) is 18.1 Å². The molecule has 0 aliphatic carbocycles. The van der Waals surface area contributed by atoms with E-state index in [1.807, 2.05) is 91.2 Å². The lowest BCUT2D eigenvalue weighted by Crippen LogP contribution is -2.26. The maximum absolute atomic E-state index is 12.8. The molecule has 0 spiro atoms. The van der Waals surface area contributed by atoms with E-state index in [4.69, 9.17) is 9.72 Å². The summed E-state index contributed by atoms with van der Waals surface area (Å²) in [4.78, 5) is 30.1. The normalized spacial score (nSPS) is 10.8. The van der Waals surface area contributed by atoms with Crippen LogP contribution in [0.5, 0.6) is 5.75 Å². The number of aromatic nitrogens is 2. The number of amides is 2. The topological polar surface area (TPSA) is 85.2 Å². The van der Waals surface area contributed by atoms with Gasteiger partial charge in [0.05, 0.1) is 17.6 Å². The lowest BCUT2D eigenvalue weighted by atomic mass is 10.1. The van der Waals surface area contributed by atoms with Gasteiger partial charge in [0.2, 0.25) is 5.91 Å². The smallest absolute Gasteiger partial charge is 0.251 e. The van der Waals surface area contributed by atoms with Crippen LogP contribution < -0.4 is 15.4 Å². The monoisotopic (exact) mass is 470 g/mol. The van der Waals surface area contributed by atoms with E-state index < -0.39 is 0 Å². The molecule has 0 atom stereocenters. The number of nitrogens with zero attached hydrogens (tertiary/aromatic N) is 2. The van der Waals surface area contributed by atoms with Crippen molar-refractivity contribution in [1.82, 2.24) is 14.9 Å². The number of rotatable bonds is 10. The Balaban J connectivity index is 1.39. The molecule has 0 saturated carbocycles. The second kappa shape index (κ2) is 11.3. The molecule has 1 heterocycles. The van der Waals surface area contributed by atoms with Gasteiger partial charge in [-0.05, 0) is 68.3 Å². The average Bonchev–Trinajstić information content (AvgIpc) is 3.20. The number of carbonyl (C=O) groups excluding carboxylic acids is 2. The Bertz CT molecular complexity index is 1310. The maximum atomic E-state index is 12.8. The third-order valence-electron chi connectivity index (χ3n) is 5.74. The van der Waals surface area contributed by atoms with Crippen LogP contribution in [0.25, 0.3) is 11.0 Å². The number of imidazole rings is 1. The van der Waals surface area contributed by atoms with Crippen LogP contribution in [0.2, 0.25) is 0 Å². The van der Waals surface area contributed by atoms with E-state index in [-0.39, 0.29) is 18.4 Å². The van der Waals surface area contributed by atoms with Gasteiger partial charge in [-0.25, -0.2) is 4.98 Å². The molecule has 0 radical (unpaired) electrons. The van der Waals surface area contributed by atoms with Gasteiger partial charge >= 0.3 is 0 Å². The largest absolute Gasteiger partial charge is 0.494 e. The number of fused-ring (bicyclic) bond motifs is 1. The van der Waals surface area contributed by atoms with Crippen molar-refractivity contribution in [2.45, 2.75) is 33.2 Å². The zero-order chi connectivity index (χ0) is 24.6. The van der Waals surface area contributed by atoms with Crippen molar-refractivity contribution >= 4 is 28.5 Å². The highest BCUT2D eigenvalue weighted by molar-refractivity contribution is 5.95. The zero-order valence-electron chi connectivity index (χ0n) is 20.1. The minimum absolute atomic E-state index is 0.0775. The number of carbonyl (C=O) groups is 2. The molecule has 0 unspecified atom stereocenters. The quantitative estimate of drug-likeness (QED) is 0.328. The summed E-state index contributed by atoms with van der Waals surface area (Å²) in [5.41, 5.74) is 4.10. The van der Waals surface area contributed by atoms with Gasteiger partial charge in [0.15, 0.2) is 0 Å². The van der Waals surface area contributed by atoms with Crippen LogP contribution in [-0.2, 0) is 17.8 Å². The summed E-state index contributed by atoms with van der Waals surface area (Å²) in [5.74, 6) is 1.37. The van der Waals surface area contributed by atoms with E-state index in [0.717, 1.165) is 28.2 Å². The Morgan fingerprint density at radius 3 is 2.49 bits per heavy atom. The fourth-order valence-electron chi connectivity index (χ4n) is 4.01. The predicted octanol–water partition coefficient (Wildman–Crippen LogP) is 4.74. The highest BCUT2D eigenvalue weighted by Crippen LogP contribution is 2.19. The van der Waals surface area contributed by atoms with E-state index in [2.05, 4.69) is 10.6 Å². The van der Waals surface area contributed by atoms with Gasteiger partial charge in [-0.1, -0.05) is 30.3 Å². The Labute approximate surface area is 205 Å². The lowest BCUT2D eigenvalue weighted by molar-refractivity contribution is -0.116. The molecule has 3 aromatic carbocycles. The minimum atomic E-state index is -0.133. The number of ether oxygens (including phenoxy) is 1. The predicted molar refractivity (Wildman–Crippen MR) is 138 cm³/mol. The molecule has 0 fully saturated rings. The van der Waals surface area contributed by atoms with Gasteiger partial charge in [-0.15, -0.1) is 0 Å². The van der Waals surface area contributed by atoms with Gasteiger partial charge < -0.3 is 19.9 Å². The SMILES string of the molecule is CCOc1ccc(NC(=O)Cn2c(CCCNC(=O)c3ccccc3C)nc3ccccc32)cc1. The first kappa shape index (κ1) is 24.0. The first-order valence-electron chi connectivity index (χ1n) is 11.9. The summed E-state index contributed by atoms with van der Waals surface area (Å²) in [6.45, 7) is 5.13. The number of hydrogen-bond donors (Lipinski definition) is 2. The number of hydrogen-bond acceptors (Lipinski definition) is 4. The summed E-state index contributed by atoms with van der Waals surface area (Å²) in [6.07, 6.45) is 1.35. The van der Waals surface area contributed by atoms with Crippen molar-refractivity contribution in [3.05, 3.63) is 89.7 Å². The van der Waals surface area contributed by atoms with Gasteiger partial charge in [-0.2, -0.15) is 0 Å². The number of nitrogens with one attached hydrogen (secondary N) is 2. The first-order valence-corrected chi connectivity index (χ1v) is 11.9. The molecule has 0 aliphatic rings. The van der Waals surface area contributed by atoms with Crippen LogP contribution in [-0.4, -0.2) is 34.5 Å². The molecule has 7 nitrogen and oxygen atoms in total. The molecule has 7 heteroatoms. The second-order valence-electron chi connectivity index (χ2n) is 8.28. The van der Waals surface area contributed by atoms with Crippen molar-refractivity contribution in [3.63, 3.8) is 0 Å². The summed E-state index contributed by atoms with van der Waals surface area (Å²) in [5, 5.41) is 5.93. The van der Waals surface area contributed by atoms with E-state index in [0.29, 0.717) is 37.2 Å². The molecule has 1 aromatic heterocycles. The van der Waals surface area contributed by atoms with Crippen LogP contribution in [0.4, 0.5) is 5.69 Å². The molecule has 0 bridgehead atoms. The fraction of sp³-hybridized carbons (Fsp3) is 0.250. The molecule has 4 aromatic rings. The van der Waals surface area contributed by atoms with Crippen LogP contribution >= 0.6 is 0 Å². The molecule has 35 heavy (non-hydrogen) atoms. The van der Waals surface area contributed by atoms with E-state index in [1.165, 1.54) is 0 Å². The van der Waals surface area contributed by atoms with Crippen LogP contribution in [0, 0.1) is 6.92 Å². The second-order valence-corrected chi connectivity index (χ2v) is 8.28. The third kappa shape index (κ3) is 6.06. The Morgan fingerprint density at radius 1 is 0.971 bits per heavy atom. The van der Waals surface area contributed by atoms with E-state index in [9.17, 15) is 9.59 Å². The highest BCUT2D eigenvalue weighted by Gasteiger charge is 2.14. The molecular formula is C28H30N4O3. The van der Waals surface area contributed by atoms with Crippen molar-refractivity contribution in [2.24, 2.45) is 0 Å².